The summed E-state index contributed by atoms with van der Waals surface area (Å²) in [5.41, 5.74) is -0.700. The molecule has 0 radical (unpaired) electrons. The fraction of sp³-hybridized carbons (Fsp3) is 0.818. The van der Waals surface area contributed by atoms with E-state index < -0.39 is 5.60 Å². The third kappa shape index (κ3) is 3.09. The Balaban J connectivity index is 2.78. The van der Waals surface area contributed by atoms with Crippen LogP contribution in [0.2, 0.25) is 0 Å². The van der Waals surface area contributed by atoms with Gasteiger partial charge in [0, 0.05) is 6.61 Å². The number of hydrogen-bond donors (Lipinski definition) is 0. The van der Waals surface area contributed by atoms with Crippen molar-refractivity contribution in [3.8, 4) is 0 Å². The Labute approximate surface area is 101 Å². The number of tetrazole rings is 1. The van der Waals surface area contributed by atoms with Gasteiger partial charge >= 0.3 is 0 Å². The minimum atomic E-state index is -0.700. The van der Waals surface area contributed by atoms with Crippen LogP contribution >= 0.6 is 0 Å². The first-order valence-corrected chi connectivity index (χ1v) is 5.98. The number of nitrogens with zero attached hydrogens (tertiary/aromatic N) is 4. The summed E-state index contributed by atoms with van der Waals surface area (Å²) in [4.78, 5) is 13.6. The lowest BCUT2D eigenvalue weighted by Crippen LogP contribution is -2.41. The highest BCUT2D eigenvalue weighted by molar-refractivity contribution is 5.88. The lowest BCUT2D eigenvalue weighted by Gasteiger charge is -2.29. The van der Waals surface area contributed by atoms with Gasteiger partial charge in [-0.05, 0) is 25.0 Å². The molecule has 0 amide bonds. The van der Waals surface area contributed by atoms with Crippen LogP contribution in [0.4, 0.5) is 0 Å². The maximum absolute atomic E-state index is 12.3. The summed E-state index contributed by atoms with van der Waals surface area (Å²) in [5.74, 6) is 0.473. The van der Waals surface area contributed by atoms with Crippen molar-refractivity contribution in [3.63, 3.8) is 0 Å². The highest BCUT2D eigenvalue weighted by Gasteiger charge is 2.35. The molecule has 0 saturated carbocycles. The standard InChI is InChI=1S/C11H20N4O2/c1-5-11(6-2,17-7-3)9(16)8-10-12-14-15(4)13-10/h5-8H2,1-4H3. The molecule has 0 aliphatic heterocycles. The third-order valence-electron chi connectivity index (χ3n) is 2.94. The molecule has 0 aliphatic rings. The van der Waals surface area contributed by atoms with Gasteiger partial charge in [0.2, 0.25) is 0 Å². The quantitative estimate of drug-likeness (QED) is 0.708. The van der Waals surface area contributed by atoms with E-state index in [1.165, 1.54) is 4.80 Å². The number of Topliss-reactive ketones (excluding diaryl/α,β-unsaturated/α-hetero) is 1. The fourth-order valence-electron chi connectivity index (χ4n) is 1.90. The average molecular weight is 240 g/mol. The Hall–Kier alpha value is -1.30. The molecule has 0 aromatic carbocycles. The van der Waals surface area contributed by atoms with Gasteiger partial charge in [-0.15, -0.1) is 10.2 Å². The summed E-state index contributed by atoms with van der Waals surface area (Å²) >= 11 is 0. The number of aryl methyl sites for hydroxylation is 1. The SMILES string of the molecule is CCOC(CC)(CC)C(=O)Cc1nnn(C)n1. The van der Waals surface area contributed by atoms with Gasteiger partial charge in [-0.25, -0.2) is 0 Å². The van der Waals surface area contributed by atoms with Crippen molar-refractivity contribution >= 4 is 5.78 Å². The van der Waals surface area contributed by atoms with Gasteiger partial charge in [-0.2, -0.15) is 4.80 Å². The molecular formula is C11H20N4O2. The molecule has 0 saturated heterocycles. The number of hydrogen-bond acceptors (Lipinski definition) is 5. The zero-order chi connectivity index (χ0) is 12.9. The van der Waals surface area contributed by atoms with Gasteiger partial charge in [0.15, 0.2) is 11.6 Å². The molecule has 0 fully saturated rings. The van der Waals surface area contributed by atoms with E-state index in [0.717, 1.165) is 0 Å². The van der Waals surface area contributed by atoms with E-state index in [1.54, 1.807) is 7.05 Å². The van der Waals surface area contributed by atoms with Gasteiger partial charge in [0.25, 0.3) is 0 Å². The zero-order valence-electron chi connectivity index (χ0n) is 10.9. The summed E-state index contributed by atoms with van der Waals surface area (Å²) in [7, 11) is 1.68. The van der Waals surface area contributed by atoms with Gasteiger partial charge in [0.1, 0.15) is 5.60 Å². The molecule has 1 aromatic heterocycles. The molecule has 6 heteroatoms. The lowest BCUT2D eigenvalue weighted by atomic mass is 9.90. The van der Waals surface area contributed by atoms with Crippen molar-refractivity contribution < 1.29 is 9.53 Å². The number of carbonyl (C=O) groups excluding carboxylic acids is 1. The number of ketones is 1. The van der Waals surface area contributed by atoms with Crippen LogP contribution in [-0.2, 0) is 23.0 Å². The molecule has 0 unspecified atom stereocenters. The van der Waals surface area contributed by atoms with Gasteiger partial charge in [-0.3, -0.25) is 4.79 Å². The average Bonchev–Trinajstić information content (AvgIpc) is 2.71. The minimum absolute atomic E-state index is 0.0253. The lowest BCUT2D eigenvalue weighted by molar-refractivity contribution is -0.144. The first-order chi connectivity index (χ1) is 8.07. The number of ether oxygens (including phenoxy) is 1. The minimum Gasteiger partial charge on any atom is -0.368 e. The normalized spacial score (nSPS) is 11.8. The topological polar surface area (TPSA) is 69.9 Å². The second-order valence-corrected chi connectivity index (χ2v) is 3.93. The van der Waals surface area contributed by atoms with Gasteiger partial charge in [0.05, 0.1) is 13.5 Å². The summed E-state index contributed by atoms with van der Waals surface area (Å²) in [6.07, 6.45) is 1.50. The van der Waals surface area contributed by atoms with Crippen molar-refractivity contribution in [2.45, 2.75) is 45.6 Å². The second-order valence-electron chi connectivity index (χ2n) is 3.93. The van der Waals surface area contributed by atoms with Crippen molar-refractivity contribution in [3.05, 3.63) is 5.82 Å². The summed E-state index contributed by atoms with van der Waals surface area (Å²) < 4.78 is 5.64. The van der Waals surface area contributed by atoms with Crippen LogP contribution in [0.1, 0.15) is 39.4 Å². The molecule has 1 rings (SSSR count). The second kappa shape index (κ2) is 5.86. The predicted octanol–water partition coefficient (Wildman–Crippen LogP) is 0.917. The fourth-order valence-corrected chi connectivity index (χ4v) is 1.90. The van der Waals surface area contributed by atoms with Crippen LogP contribution in [0.3, 0.4) is 0 Å². The highest BCUT2D eigenvalue weighted by Crippen LogP contribution is 2.23. The van der Waals surface area contributed by atoms with E-state index in [0.29, 0.717) is 25.3 Å². The maximum atomic E-state index is 12.3. The van der Waals surface area contributed by atoms with Gasteiger partial charge in [-0.1, -0.05) is 13.8 Å². The third-order valence-corrected chi connectivity index (χ3v) is 2.94. The van der Waals surface area contributed by atoms with E-state index in [-0.39, 0.29) is 12.2 Å². The van der Waals surface area contributed by atoms with Crippen molar-refractivity contribution in [2.75, 3.05) is 6.61 Å². The van der Waals surface area contributed by atoms with Crippen LogP contribution < -0.4 is 0 Å². The molecule has 0 spiro atoms. The predicted molar refractivity (Wildman–Crippen MR) is 62.4 cm³/mol. The first-order valence-electron chi connectivity index (χ1n) is 5.98. The van der Waals surface area contributed by atoms with Crippen LogP contribution in [0, 0.1) is 0 Å². The molecule has 0 N–H and O–H groups in total. The summed E-state index contributed by atoms with van der Waals surface area (Å²) in [6.45, 7) is 6.34. The molecule has 0 atom stereocenters. The molecule has 0 aliphatic carbocycles. The highest BCUT2D eigenvalue weighted by atomic mass is 16.5. The number of aromatic nitrogens is 4. The molecule has 6 nitrogen and oxygen atoms in total. The first kappa shape index (κ1) is 13.8. The van der Waals surface area contributed by atoms with E-state index >= 15 is 0 Å². The Morgan fingerprint density at radius 2 is 2.00 bits per heavy atom. The monoisotopic (exact) mass is 240 g/mol. The Kier molecular flexibility index (Phi) is 4.74. The Bertz CT molecular complexity index is 371. The molecule has 96 valence electrons. The Morgan fingerprint density at radius 1 is 1.35 bits per heavy atom. The maximum Gasteiger partial charge on any atom is 0.182 e. The Morgan fingerprint density at radius 3 is 2.41 bits per heavy atom. The summed E-state index contributed by atoms with van der Waals surface area (Å²) in [6, 6.07) is 0. The largest absolute Gasteiger partial charge is 0.368 e. The summed E-state index contributed by atoms with van der Waals surface area (Å²) in [5, 5.41) is 11.5. The van der Waals surface area contributed by atoms with Crippen LogP contribution in [0.25, 0.3) is 0 Å². The molecule has 0 bridgehead atoms. The van der Waals surface area contributed by atoms with E-state index in [4.69, 9.17) is 4.74 Å². The molecule has 17 heavy (non-hydrogen) atoms. The van der Waals surface area contributed by atoms with Crippen LogP contribution in [-0.4, -0.2) is 38.2 Å². The van der Waals surface area contributed by atoms with Crippen LogP contribution in [0.15, 0.2) is 0 Å². The van der Waals surface area contributed by atoms with E-state index in [9.17, 15) is 4.79 Å². The van der Waals surface area contributed by atoms with Crippen LogP contribution in [0.5, 0.6) is 0 Å². The van der Waals surface area contributed by atoms with Crippen molar-refractivity contribution in [1.29, 1.82) is 0 Å². The van der Waals surface area contributed by atoms with E-state index in [2.05, 4.69) is 15.4 Å². The zero-order valence-corrected chi connectivity index (χ0v) is 10.9. The van der Waals surface area contributed by atoms with E-state index in [1.807, 2.05) is 20.8 Å². The number of carbonyl (C=O) groups is 1. The molecule has 1 heterocycles. The number of rotatable bonds is 7. The van der Waals surface area contributed by atoms with Gasteiger partial charge < -0.3 is 4.74 Å². The smallest absolute Gasteiger partial charge is 0.182 e. The van der Waals surface area contributed by atoms with Crippen molar-refractivity contribution in [2.24, 2.45) is 7.05 Å². The van der Waals surface area contributed by atoms with Crippen molar-refractivity contribution in [1.82, 2.24) is 20.2 Å². The molecular weight excluding hydrogens is 220 g/mol. The molecule has 1 aromatic rings.